The van der Waals surface area contributed by atoms with Crippen molar-refractivity contribution >= 4 is 10.6 Å². The minimum absolute atomic E-state index is 0.431. The molecule has 0 aliphatic carbocycles. The molecule has 0 aliphatic rings. The van der Waals surface area contributed by atoms with Crippen LogP contribution in [0.25, 0.3) is 0 Å². The van der Waals surface area contributed by atoms with E-state index in [0.29, 0.717) is 6.26 Å². The maximum atomic E-state index is 11.4. The Bertz CT molecular complexity index is 99.7. The Kier molecular flexibility index (Phi) is 2.34. The molecule has 1 atom stereocenters. The Hall–Kier alpha value is 0.0200. The molecule has 9 heavy (non-hydrogen) atoms. The molecule has 0 aromatic carbocycles. The summed E-state index contributed by atoms with van der Waals surface area (Å²) < 4.78 is 45.4. The summed E-state index contributed by atoms with van der Waals surface area (Å²) in [5.74, 6) is 0. The van der Waals surface area contributed by atoms with Crippen molar-refractivity contribution in [3.8, 4) is 0 Å². The standard InChI is InChI=1S/C2H5F3O3S/c1-9(7,8-6)2(3,4)5/h6-7H,1H3/p+1. The molecular weight excluding hydrogens is 161 g/mol. The maximum absolute atomic E-state index is 11.4. The highest BCUT2D eigenvalue weighted by Crippen LogP contribution is 2.55. The van der Waals surface area contributed by atoms with Crippen LogP contribution in [0.1, 0.15) is 0 Å². The van der Waals surface area contributed by atoms with Gasteiger partial charge >= 0.3 is 5.51 Å². The van der Waals surface area contributed by atoms with E-state index in [2.05, 4.69) is 4.33 Å². The first kappa shape index (κ1) is 9.02. The van der Waals surface area contributed by atoms with Gasteiger partial charge in [0.05, 0.1) is 0 Å². The third kappa shape index (κ3) is 2.01. The fourth-order valence-corrected chi connectivity index (χ4v) is 0.142. The molecule has 0 heterocycles. The van der Waals surface area contributed by atoms with Crippen molar-refractivity contribution in [2.75, 3.05) is 6.26 Å². The Morgan fingerprint density at radius 2 is 1.89 bits per heavy atom. The quantitative estimate of drug-likeness (QED) is 0.359. The van der Waals surface area contributed by atoms with Crippen molar-refractivity contribution in [2.24, 2.45) is 0 Å². The molecule has 7 heteroatoms. The summed E-state index contributed by atoms with van der Waals surface area (Å²) in [7, 11) is -4.17. The largest absolute Gasteiger partial charge is 0.502 e. The van der Waals surface area contributed by atoms with E-state index in [9.17, 15) is 13.2 Å². The zero-order chi connectivity index (χ0) is 7.71. The molecule has 0 bridgehead atoms. The average Bonchev–Trinajstić information content (AvgIpc) is 1.64. The van der Waals surface area contributed by atoms with Crippen molar-refractivity contribution < 1.29 is 27.3 Å². The minimum Gasteiger partial charge on any atom is -0.287 e. The van der Waals surface area contributed by atoms with Crippen LogP contribution in [0, 0.1) is 0 Å². The number of halogens is 3. The molecule has 0 radical (unpaired) electrons. The van der Waals surface area contributed by atoms with E-state index in [1.165, 1.54) is 0 Å². The van der Waals surface area contributed by atoms with Crippen LogP contribution in [0.3, 0.4) is 0 Å². The lowest BCUT2D eigenvalue weighted by Crippen LogP contribution is -2.19. The molecule has 0 fully saturated rings. The summed E-state index contributed by atoms with van der Waals surface area (Å²) >= 11 is 0. The third-order valence-corrected chi connectivity index (χ3v) is 1.78. The van der Waals surface area contributed by atoms with Gasteiger partial charge in [-0.15, -0.1) is 0 Å². The Morgan fingerprint density at radius 1 is 1.56 bits per heavy atom. The first-order chi connectivity index (χ1) is 3.81. The van der Waals surface area contributed by atoms with Crippen LogP contribution < -0.4 is 0 Å². The van der Waals surface area contributed by atoms with E-state index in [1.807, 2.05) is 0 Å². The van der Waals surface area contributed by atoms with Crippen LogP contribution in [-0.4, -0.2) is 21.6 Å². The molecule has 0 amide bonds. The first-order valence-corrected chi connectivity index (χ1v) is 3.66. The highest BCUT2D eigenvalue weighted by molar-refractivity contribution is 8.25. The van der Waals surface area contributed by atoms with Crippen LogP contribution in [0.5, 0.6) is 0 Å². The molecule has 0 aromatic rings. The molecule has 3 nitrogen and oxygen atoms in total. The van der Waals surface area contributed by atoms with Gasteiger partial charge in [-0.1, -0.05) is 0 Å². The molecule has 0 aromatic heterocycles. The predicted molar refractivity (Wildman–Crippen MR) is 26.9 cm³/mol. The molecule has 3 N–H and O–H groups in total. The van der Waals surface area contributed by atoms with Crippen molar-refractivity contribution in [1.29, 1.82) is 0 Å². The van der Waals surface area contributed by atoms with Crippen LogP contribution in [0.15, 0.2) is 0 Å². The van der Waals surface area contributed by atoms with Crippen molar-refractivity contribution in [1.82, 2.24) is 0 Å². The maximum Gasteiger partial charge on any atom is 0.502 e. The summed E-state index contributed by atoms with van der Waals surface area (Å²) in [6, 6.07) is 0. The lowest BCUT2D eigenvalue weighted by atomic mass is 11.6. The van der Waals surface area contributed by atoms with E-state index in [-0.39, 0.29) is 0 Å². The minimum atomic E-state index is -4.82. The fourth-order valence-electron chi connectivity index (χ4n) is 0.0472. The lowest BCUT2D eigenvalue weighted by molar-refractivity contribution is -0.157. The van der Waals surface area contributed by atoms with Gasteiger partial charge in [0.1, 0.15) is 0 Å². The summed E-state index contributed by atoms with van der Waals surface area (Å²) in [6.07, 6.45) is 0.431. The van der Waals surface area contributed by atoms with E-state index < -0.39 is 16.1 Å². The van der Waals surface area contributed by atoms with Crippen LogP contribution in [0.4, 0.5) is 13.2 Å². The van der Waals surface area contributed by atoms with Gasteiger partial charge in [0, 0.05) is 10.6 Å². The smallest absolute Gasteiger partial charge is 0.287 e. The van der Waals surface area contributed by atoms with Gasteiger partial charge in [-0.2, -0.15) is 13.2 Å². The third-order valence-electron chi connectivity index (χ3n) is 0.592. The fraction of sp³-hybridized carbons (Fsp3) is 1.00. The van der Waals surface area contributed by atoms with E-state index >= 15 is 0 Å². The lowest BCUT2D eigenvalue weighted by Gasteiger charge is -2.27. The Labute approximate surface area is 50.7 Å². The Morgan fingerprint density at radius 3 is 1.89 bits per heavy atom. The second-order valence-electron chi connectivity index (χ2n) is 1.33. The number of rotatable bonds is 1. The number of hydrogen-bond donors (Lipinski definition) is 1. The molecular formula is C2H6F3O3S+. The van der Waals surface area contributed by atoms with Crippen LogP contribution >= 0.6 is 10.6 Å². The number of alkyl halides is 3. The molecule has 0 saturated carbocycles. The highest BCUT2D eigenvalue weighted by atomic mass is 32.3. The topological polar surface area (TPSA) is 52.4 Å². The van der Waals surface area contributed by atoms with Gasteiger partial charge in [-0.25, -0.2) is 5.26 Å². The summed E-state index contributed by atoms with van der Waals surface area (Å²) in [4.78, 5) is 0. The summed E-state index contributed by atoms with van der Waals surface area (Å²) in [5, 5.41) is 5.83. The Balaban J connectivity index is 4.14. The van der Waals surface area contributed by atoms with E-state index in [1.54, 1.807) is 0 Å². The molecule has 1 unspecified atom stereocenters. The van der Waals surface area contributed by atoms with E-state index in [0.717, 1.165) is 0 Å². The van der Waals surface area contributed by atoms with E-state index in [4.69, 9.17) is 9.81 Å². The molecule has 0 aliphatic heterocycles. The predicted octanol–water partition coefficient (Wildman–Crippen LogP) is 0.985. The summed E-state index contributed by atoms with van der Waals surface area (Å²) in [5.41, 5.74) is -4.82. The molecule has 0 saturated heterocycles. The average molecular weight is 167 g/mol. The zero-order valence-electron chi connectivity index (χ0n) is 4.40. The van der Waals surface area contributed by atoms with Crippen molar-refractivity contribution in [2.45, 2.75) is 5.51 Å². The van der Waals surface area contributed by atoms with Crippen LogP contribution in [0.2, 0.25) is 0 Å². The van der Waals surface area contributed by atoms with Gasteiger partial charge < -0.3 is 0 Å². The summed E-state index contributed by atoms with van der Waals surface area (Å²) in [6.45, 7) is 0. The van der Waals surface area contributed by atoms with Crippen LogP contribution in [-0.2, 0) is 4.33 Å². The molecule has 0 rings (SSSR count). The van der Waals surface area contributed by atoms with Gasteiger partial charge in [-0.3, -0.25) is 4.55 Å². The van der Waals surface area contributed by atoms with Crippen molar-refractivity contribution in [3.05, 3.63) is 0 Å². The van der Waals surface area contributed by atoms with Gasteiger partial charge in [-0.05, 0) is 10.6 Å². The normalized spacial score (nSPS) is 22.9. The molecule has 0 spiro atoms. The number of hydrogen-bond acceptors (Lipinski definition) is 2. The molecule has 58 valence electrons. The van der Waals surface area contributed by atoms with Crippen molar-refractivity contribution in [3.63, 3.8) is 0 Å². The van der Waals surface area contributed by atoms with Gasteiger partial charge in [0.15, 0.2) is 0 Å². The second-order valence-corrected chi connectivity index (χ2v) is 3.57. The second kappa shape index (κ2) is 2.33. The van der Waals surface area contributed by atoms with Gasteiger partial charge in [0.2, 0.25) is 0 Å². The first-order valence-electron chi connectivity index (χ1n) is 1.73. The monoisotopic (exact) mass is 167 g/mol. The highest BCUT2D eigenvalue weighted by Gasteiger charge is 2.46. The zero-order valence-corrected chi connectivity index (χ0v) is 5.21. The van der Waals surface area contributed by atoms with Gasteiger partial charge in [0.25, 0.3) is 0 Å². The SMILES string of the molecule is CS(O)(O[OH2+])C(F)(F)F.